The van der Waals surface area contributed by atoms with E-state index in [9.17, 15) is 4.79 Å². The molecule has 0 fully saturated rings. The second kappa shape index (κ2) is 11.5. The highest BCUT2D eigenvalue weighted by atomic mass is 16.8. The van der Waals surface area contributed by atoms with Crippen molar-refractivity contribution in [3.8, 4) is 11.8 Å². The van der Waals surface area contributed by atoms with Crippen LogP contribution in [0.5, 0.6) is 0 Å². The van der Waals surface area contributed by atoms with Gasteiger partial charge in [0.25, 0.3) is 5.79 Å². The van der Waals surface area contributed by atoms with Crippen LogP contribution in [0.15, 0.2) is 0 Å². The largest absolute Gasteiger partial charge is 0.449 e. The summed E-state index contributed by atoms with van der Waals surface area (Å²) in [6, 6.07) is 0. The van der Waals surface area contributed by atoms with Crippen molar-refractivity contribution in [3.63, 3.8) is 0 Å². The van der Waals surface area contributed by atoms with E-state index in [2.05, 4.69) is 11.8 Å². The van der Waals surface area contributed by atoms with Crippen LogP contribution < -0.4 is 0 Å². The van der Waals surface area contributed by atoms with Crippen molar-refractivity contribution in [2.24, 2.45) is 5.41 Å². The molecular formula is C19H34O6. The van der Waals surface area contributed by atoms with Crippen LogP contribution in [0.2, 0.25) is 0 Å². The minimum atomic E-state index is -1.39. The Kier molecular flexibility index (Phi) is 11.0. The molecule has 6 heteroatoms. The predicted octanol–water partition coefficient (Wildman–Crippen LogP) is 3.14. The summed E-state index contributed by atoms with van der Waals surface area (Å²) in [5, 5.41) is 0. The molecule has 0 N–H and O–H groups in total. The molecule has 0 aromatic rings. The standard InChI is InChI=1S/C19H34O6/c1-9-21-17(22-10-2)19(23-11-3,24-12-4)14-13-16(18(6,7)8)25-15(5)20/h16-17H,9-12H2,1-8H3. The quantitative estimate of drug-likeness (QED) is 0.340. The Bertz CT molecular complexity index is 431. The van der Waals surface area contributed by atoms with E-state index in [0.717, 1.165) is 0 Å². The molecule has 0 rings (SSSR count). The molecule has 6 nitrogen and oxygen atoms in total. The zero-order chi connectivity index (χ0) is 19.5. The van der Waals surface area contributed by atoms with Gasteiger partial charge in [0.2, 0.25) is 6.29 Å². The van der Waals surface area contributed by atoms with Crippen LogP contribution in [-0.2, 0) is 28.5 Å². The molecule has 0 aliphatic rings. The van der Waals surface area contributed by atoms with Crippen LogP contribution in [0.1, 0.15) is 55.4 Å². The van der Waals surface area contributed by atoms with Gasteiger partial charge in [-0.2, -0.15) is 0 Å². The Morgan fingerprint density at radius 3 is 1.72 bits per heavy atom. The maximum atomic E-state index is 11.4. The first-order valence-electron chi connectivity index (χ1n) is 8.87. The highest BCUT2D eigenvalue weighted by Gasteiger charge is 2.42. The number of carbonyl (C=O) groups is 1. The van der Waals surface area contributed by atoms with Crippen molar-refractivity contribution in [3.05, 3.63) is 0 Å². The van der Waals surface area contributed by atoms with Gasteiger partial charge in [-0.3, -0.25) is 4.79 Å². The summed E-state index contributed by atoms with van der Waals surface area (Å²) in [5.41, 5.74) is -0.366. The molecule has 1 unspecified atom stereocenters. The second-order valence-electron chi connectivity index (χ2n) is 6.40. The summed E-state index contributed by atoms with van der Waals surface area (Å²) in [7, 11) is 0. The van der Waals surface area contributed by atoms with Crippen LogP contribution in [-0.4, -0.2) is 50.6 Å². The van der Waals surface area contributed by atoms with Gasteiger partial charge in [-0.25, -0.2) is 0 Å². The van der Waals surface area contributed by atoms with Gasteiger partial charge in [0.05, 0.1) is 0 Å². The van der Waals surface area contributed by atoms with Gasteiger partial charge >= 0.3 is 5.97 Å². The Labute approximate surface area is 152 Å². The van der Waals surface area contributed by atoms with E-state index >= 15 is 0 Å². The lowest BCUT2D eigenvalue weighted by atomic mass is 9.89. The van der Waals surface area contributed by atoms with Crippen molar-refractivity contribution < 1.29 is 28.5 Å². The normalized spacial score (nSPS) is 13.3. The third-order valence-electron chi connectivity index (χ3n) is 3.11. The summed E-state index contributed by atoms with van der Waals surface area (Å²) in [5.74, 6) is 4.21. The van der Waals surface area contributed by atoms with Crippen LogP contribution in [0.4, 0.5) is 0 Å². The molecule has 0 aromatic carbocycles. The van der Waals surface area contributed by atoms with Crippen molar-refractivity contribution >= 4 is 5.97 Å². The minimum absolute atomic E-state index is 0.360. The summed E-state index contributed by atoms with van der Waals surface area (Å²) in [6.07, 6.45) is -1.43. The molecule has 0 bridgehead atoms. The van der Waals surface area contributed by atoms with Crippen LogP contribution >= 0.6 is 0 Å². The van der Waals surface area contributed by atoms with Gasteiger partial charge in [-0.05, 0) is 33.6 Å². The average Bonchev–Trinajstić information content (AvgIpc) is 2.50. The fourth-order valence-corrected chi connectivity index (χ4v) is 2.06. The topological polar surface area (TPSA) is 63.2 Å². The van der Waals surface area contributed by atoms with Crippen LogP contribution in [0, 0.1) is 17.3 Å². The van der Waals surface area contributed by atoms with Crippen molar-refractivity contribution in [2.75, 3.05) is 26.4 Å². The minimum Gasteiger partial charge on any atom is -0.449 e. The van der Waals surface area contributed by atoms with Gasteiger partial charge < -0.3 is 23.7 Å². The highest BCUT2D eigenvalue weighted by Crippen LogP contribution is 2.25. The molecule has 25 heavy (non-hydrogen) atoms. The smallest absolute Gasteiger partial charge is 0.303 e. The Morgan fingerprint density at radius 2 is 1.40 bits per heavy atom. The van der Waals surface area contributed by atoms with E-state index in [4.69, 9.17) is 23.7 Å². The van der Waals surface area contributed by atoms with E-state index < -0.39 is 18.2 Å². The van der Waals surface area contributed by atoms with E-state index in [0.29, 0.717) is 26.4 Å². The first-order valence-corrected chi connectivity index (χ1v) is 8.87. The van der Waals surface area contributed by atoms with Crippen molar-refractivity contribution in [2.45, 2.75) is 73.6 Å². The fraction of sp³-hybridized carbons (Fsp3) is 0.842. The molecule has 0 saturated carbocycles. The summed E-state index contributed by atoms with van der Waals surface area (Å²) < 4.78 is 28.3. The third-order valence-corrected chi connectivity index (χ3v) is 3.11. The van der Waals surface area contributed by atoms with Gasteiger partial charge in [0.15, 0.2) is 6.10 Å². The molecule has 0 aliphatic carbocycles. The SMILES string of the molecule is CCOC(OCC)C(C#CC(OC(C)=O)C(C)(C)C)(OCC)OCC. The number of carbonyl (C=O) groups excluding carboxylic acids is 1. The fourth-order valence-electron chi connectivity index (χ4n) is 2.06. The number of hydrogen-bond donors (Lipinski definition) is 0. The number of ether oxygens (including phenoxy) is 5. The number of rotatable bonds is 10. The number of hydrogen-bond acceptors (Lipinski definition) is 6. The van der Waals surface area contributed by atoms with Gasteiger partial charge in [-0.15, -0.1) is 0 Å². The lowest BCUT2D eigenvalue weighted by molar-refractivity contribution is -0.321. The molecule has 0 heterocycles. The maximum absolute atomic E-state index is 11.4. The predicted molar refractivity (Wildman–Crippen MR) is 95.8 cm³/mol. The van der Waals surface area contributed by atoms with E-state index in [1.165, 1.54) is 6.92 Å². The van der Waals surface area contributed by atoms with E-state index in [1.807, 2.05) is 48.5 Å². The van der Waals surface area contributed by atoms with Gasteiger partial charge in [-0.1, -0.05) is 26.7 Å². The molecule has 0 amide bonds. The Balaban J connectivity index is 5.92. The Morgan fingerprint density at radius 1 is 0.920 bits per heavy atom. The summed E-state index contributed by atoms with van der Waals surface area (Å²) in [4.78, 5) is 11.4. The zero-order valence-electron chi connectivity index (χ0n) is 16.9. The lowest BCUT2D eigenvalue weighted by Crippen LogP contribution is -2.50. The molecule has 0 aliphatic heterocycles. The first-order chi connectivity index (χ1) is 11.7. The Hall–Kier alpha value is -1.13. The summed E-state index contributed by atoms with van der Waals surface area (Å²) >= 11 is 0. The molecule has 0 spiro atoms. The summed E-state index contributed by atoms with van der Waals surface area (Å²) in [6.45, 7) is 16.2. The third kappa shape index (κ3) is 8.19. The van der Waals surface area contributed by atoms with Gasteiger partial charge in [0, 0.05) is 38.8 Å². The maximum Gasteiger partial charge on any atom is 0.303 e. The molecule has 0 aromatic heterocycles. The van der Waals surface area contributed by atoms with Crippen molar-refractivity contribution in [1.29, 1.82) is 0 Å². The first kappa shape index (κ1) is 23.9. The molecular weight excluding hydrogens is 324 g/mol. The molecule has 0 radical (unpaired) electrons. The average molecular weight is 358 g/mol. The monoisotopic (exact) mass is 358 g/mol. The van der Waals surface area contributed by atoms with E-state index in [1.54, 1.807) is 0 Å². The van der Waals surface area contributed by atoms with Crippen molar-refractivity contribution in [1.82, 2.24) is 0 Å². The van der Waals surface area contributed by atoms with Gasteiger partial charge in [0.1, 0.15) is 0 Å². The van der Waals surface area contributed by atoms with E-state index in [-0.39, 0.29) is 11.4 Å². The van der Waals surface area contributed by atoms with Crippen LogP contribution in [0.3, 0.4) is 0 Å². The van der Waals surface area contributed by atoms with Crippen LogP contribution in [0.25, 0.3) is 0 Å². The molecule has 1 atom stereocenters. The lowest BCUT2D eigenvalue weighted by Gasteiger charge is -2.35. The molecule has 146 valence electrons. The number of esters is 1. The second-order valence-corrected chi connectivity index (χ2v) is 6.40. The molecule has 0 saturated heterocycles. The highest BCUT2D eigenvalue weighted by molar-refractivity contribution is 5.66. The zero-order valence-corrected chi connectivity index (χ0v) is 16.9.